The van der Waals surface area contributed by atoms with Gasteiger partial charge in [0.15, 0.2) is 33.1 Å². The molecular weight excluding hydrogens is 666 g/mol. The lowest BCUT2D eigenvalue weighted by Crippen LogP contribution is -2.36. The fraction of sp³-hybridized carbons (Fsp3) is 0.378. The standard InChI is InChI=1S/C37H40F2N4O6S/c1-22(34(44)45)15-23-7-6-8-24(16-23)37(4)20-48-19-36(2,3)21-50(46,47)14-12-27-26-11-13-40-31(26)18-30(39)32(27)49-25-9-10-29(38)28(17-25)33-41-35(37)42-43(33)5/h6-11,13,16-18,22,40H,12,14-15,19-21H2,1-5H3,(H,44,45)/i4D3. The van der Waals surface area contributed by atoms with Gasteiger partial charge in [-0.2, -0.15) is 5.10 Å². The van der Waals surface area contributed by atoms with Crippen LogP contribution in [0.15, 0.2) is 60.8 Å². The number of carboxylic acid groups (broad SMARTS) is 1. The first-order valence-corrected chi connectivity index (χ1v) is 17.9. The lowest BCUT2D eigenvalue weighted by molar-refractivity contribution is -0.141. The molecule has 0 spiro atoms. The molecule has 6 rings (SSSR count). The van der Waals surface area contributed by atoms with Crippen LogP contribution in [0.5, 0.6) is 11.5 Å². The second-order valence-corrected chi connectivity index (χ2v) is 16.0. The summed E-state index contributed by atoms with van der Waals surface area (Å²) >= 11 is 0. The summed E-state index contributed by atoms with van der Waals surface area (Å²) in [5.74, 6) is -4.49. The van der Waals surface area contributed by atoms with Gasteiger partial charge in [-0.3, -0.25) is 4.79 Å². The van der Waals surface area contributed by atoms with Crippen LogP contribution in [0.25, 0.3) is 22.3 Å². The third kappa shape index (κ3) is 7.15. The second kappa shape index (κ2) is 13.3. The minimum atomic E-state index is -3.81. The molecular formula is C37H40F2N4O6S. The number of nitrogens with one attached hydrogen (secondary N) is 1. The van der Waals surface area contributed by atoms with Crippen molar-refractivity contribution in [1.29, 1.82) is 0 Å². The molecule has 3 heterocycles. The number of aliphatic carboxylic acids is 1. The van der Waals surface area contributed by atoms with Crippen molar-refractivity contribution < 1.29 is 40.7 Å². The highest BCUT2D eigenvalue weighted by molar-refractivity contribution is 7.91. The molecule has 0 saturated carbocycles. The van der Waals surface area contributed by atoms with E-state index in [0.717, 1.165) is 6.07 Å². The Morgan fingerprint density at radius 2 is 1.94 bits per heavy atom. The van der Waals surface area contributed by atoms with Crippen LogP contribution in [-0.2, 0) is 44.7 Å². The molecule has 13 heteroatoms. The molecule has 4 bridgehead atoms. The number of fused-ring (bicyclic) bond motifs is 8. The van der Waals surface area contributed by atoms with E-state index in [4.69, 9.17) is 13.6 Å². The van der Waals surface area contributed by atoms with Gasteiger partial charge in [0.1, 0.15) is 11.6 Å². The number of aromatic nitrogens is 4. The van der Waals surface area contributed by atoms with E-state index in [1.54, 1.807) is 50.4 Å². The van der Waals surface area contributed by atoms with Crippen LogP contribution in [0.3, 0.4) is 0 Å². The molecule has 2 aromatic heterocycles. The van der Waals surface area contributed by atoms with Gasteiger partial charge in [-0.05, 0) is 55.1 Å². The molecule has 0 aliphatic carbocycles. The van der Waals surface area contributed by atoms with Crippen LogP contribution in [0.1, 0.15) is 54.3 Å². The smallest absolute Gasteiger partial charge is 0.306 e. The molecule has 1 aliphatic rings. The Morgan fingerprint density at radius 1 is 1.14 bits per heavy atom. The Bertz CT molecular complexity index is 2310. The molecule has 2 unspecified atom stereocenters. The van der Waals surface area contributed by atoms with Crippen LogP contribution in [-0.4, -0.2) is 64.0 Å². The van der Waals surface area contributed by atoms with Crippen molar-refractivity contribution >= 4 is 26.7 Å². The molecule has 0 radical (unpaired) electrons. The van der Waals surface area contributed by atoms with Gasteiger partial charge in [0.25, 0.3) is 0 Å². The molecule has 2 atom stereocenters. The minimum Gasteiger partial charge on any atom is -0.481 e. The molecule has 50 heavy (non-hydrogen) atoms. The van der Waals surface area contributed by atoms with E-state index in [1.807, 2.05) is 0 Å². The van der Waals surface area contributed by atoms with Crippen molar-refractivity contribution in [1.82, 2.24) is 19.7 Å². The predicted octanol–water partition coefficient (Wildman–Crippen LogP) is 6.62. The number of halogens is 2. The monoisotopic (exact) mass is 709 g/mol. The quantitative estimate of drug-likeness (QED) is 0.213. The van der Waals surface area contributed by atoms with Crippen molar-refractivity contribution in [2.45, 2.75) is 45.9 Å². The summed E-state index contributed by atoms with van der Waals surface area (Å²) in [5.41, 5.74) is -1.72. The molecule has 2 N–H and O–H groups in total. The summed E-state index contributed by atoms with van der Waals surface area (Å²) in [6.07, 6.45) is 1.61. The van der Waals surface area contributed by atoms with E-state index in [0.29, 0.717) is 22.0 Å². The van der Waals surface area contributed by atoms with Gasteiger partial charge in [-0.15, -0.1) is 0 Å². The first-order chi connectivity index (χ1) is 24.8. The molecule has 5 aromatic rings. The third-order valence-electron chi connectivity index (χ3n) is 8.88. The zero-order valence-corrected chi connectivity index (χ0v) is 28.9. The summed E-state index contributed by atoms with van der Waals surface area (Å²) in [5, 5.41) is 14.6. The van der Waals surface area contributed by atoms with Crippen molar-refractivity contribution in [2.75, 3.05) is 24.7 Å². The van der Waals surface area contributed by atoms with Gasteiger partial charge < -0.3 is 19.6 Å². The number of nitrogens with zero attached hydrogens (tertiary/aromatic N) is 3. The van der Waals surface area contributed by atoms with Gasteiger partial charge >= 0.3 is 5.97 Å². The Kier molecular flexibility index (Phi) is 8.31. The molecule has 10 nitrogen and oxygen atoms in total. The zero-order valence-electron chi connectivity index (χ0n) is 31.1. The van der Waals surface area contributed by atoms with E-state index in [2.05, 4.69) is 15.1 Å². The van der Waals surface area contributed by atoms with Crippen LogP contribution in [0.2, 0.25) is 0 Å². The first-order valence-electron chi connectivity index (χ1n) is 17.6. The predicted molar refractivity (Wildman–Crippen MR) is 185 cm³/mol. The van der Waals surface area contributed by atoms with Crippen LogP contribution in [0, 0.1) is 23.0 Å². The average molecular weight is 710 g/mol. The number of ether oxygens (including phenoxy) is 2. The number of sulfone groups is 1. The highest BCUT2D eigenvalue weighted by Crippen LogP contribution is 2.38. The Balaban J connectivity index is 1.57. The van der Waals surface area contributed by atoms with Gasteiger partial charge in [0.05, 0.1) is 41.6 Å². The maximum Gasteiger partial charge on any atom is 0.306 e. The number of hydrogen-bond donors (Lipinski definition) is 2. The summed E-state index contributed by atoms with van der Waals surface area (Å²) in [4.78, 5) is 19.3. The summed E-state index contributed by atoms with van der Waals surface area (Å²) in [6.45, 7) is 1.29. The Morgan fingerprint density at radius 3 is 2.70 bits per heavy atom. The fourth-order valence-electron chi connectivity index (χ4n) is 6.37. The van der Waals surface area contributed by atoms with Gasteiger partial charge in [0.2, 0.25) is 0 Å². The van der Waals surface area contributed by atoms with E-state index in [9.17, 15) is 18.3 Å². The lowest BCUT2D eigenvalue weighted by Gasteiger charge is -2.31. The number of aromatic amines is 1. The molecule has 0 saturated heterocycles. The Labute approximate surface area is 293 Å². The van der Waals surface area contributed by atoms with Crippen LogP contribution >= 0.6 is 0 Å². The molecule has 0 amide bonds. The summed E-state index contributed by atoms with van der Waals surface area (Å²) in [6, 6.07) is 13.1. The van der Waals surface area contributed by atoms with Crippen molar-refractivity contribution in [2.24, 2.45) is 18.4 Å². The highest BCUT2D eigenvalue weighted by atomic mass is 32.2. The lowest BCUT2D eigenvalue weighted by atomic mass is 9.81. The van der Waals surface area contributed by atoms with Crippen LogP contribution < -0.4 is 4.74 Å². The Hall–Kier alpha value is -4.62. The molecule has 0 fully saturated rings. The van der Waals surface area contributed by atoms with E-state index >= 15 is 8.78 Å². The maximum atomic E-state index is 15.7. The first kappa shape index (κ1) is 31.4. The fourth-order valence-corrected chi connectivity index (χ4v) is 8.30. The third-order valence-corrected chi connectivity index (χ3v) is 10.9. The largest absolute Gasteiger partial charge is 0.481 e. The van der Waals surface area contributed by atoms with Crippen molar-refractivity contribution in [3.05, 3.63) is 94.9 Å². The van der Waals surface area contributed by atoms with Gasteiger partial charge in [-0.1, -0.05) is 45.0 Å². The average Bonchev–Trinajstić information content (AvgIpc) is 3.68. The number of carbonyl (C=O) groups is 1. The van der Waals surface area contributed by atoms with Gasteiger partial charge in [-0.25, -0.2) is 26.9 Å². The van der Waals surface area contributed by atoms with Crippen molar-refractivity contribution in [3.63, 3.8) is 0 Å². The number of rotatable bonds is 4. The van der Waals surface area contributed by atoms with E-state index in [-0.39, 0.29) is 65.2 Å². The van der Waals surface area contributed by atoms with Gasteiger partial charge in [0, 0.05) is 45.3 Å². The maximum absolute atomic E-state index is 15.7. The normalized spacial score (nSPS) is 21.0. The highest BCUT2D eigenvalue weighted by Gasteiger charge is 2.37. The van der Waals surface area contributed by atoms with Crippen molar-refractivity contribution in [3.8, 4) is 22.9 Å². The van der Waals surface area contributed by atoms with E-state index < -0.39 is 57.6 Å². The van der Waals surface area contributed by atoms with E-state index in [1.165, 1.54) is 36.9 Å². The summed E-state index contributed by atoms with van der Waals surface area (Å²) < 4.78 is 98.9. The SMILES string of the molecule is [2H]C([2H])([2H])C1(c2cccc(CC(C)C(=O)O)c2)COCC(C)(C)CS(=O)(=O)CCc2c(c(F)cc3[nH]ccc23)Oc2ccc(F)c(c2)-c2nc1nn2C. The molecule has 3 aromatic carbocycles. The van der Waals surface area contributed by atoms with Crippen LogP contribution in [0.4, 0.5) is 8.78 Å². The second-order valence-electron chi connectivity index (χ2n) is 13.8. The number of benzene rings is 3. The number of carboxylic acids is 1. The minimum absolute atomic E-state index is 0.0109. The number of aryl methyl sites for hydroxylation is 2. The molecule has 1 aliphatic heterocycles. The summed E-state index contributed by atoms with van der Waals surface area (Å²) in [7, 11) is -2.34. The number of hydrogen-bond acceptors (Lipinski definition) is 7. The molecule has 264 valence electrons. The zero-order chi connectivity index (χ0) is 38.5. The topological polar surface area (TPSA) is 136 Å². The number of H-pyrrole nitrogens is 1.